The summed E-state index contributed by atoms with van der Waals surface area (Å²) in [6.45, 7) is 14.1. The molecule has 2 aliphatic heterocycles. The molecule has 0 saturated carbocycles. The van der Waals surface area contributed by atoms with Gasteiger partial charge in [0, 0.05) is 11.3 Å². The number of rotatable bonds is 9. The molecule has 0 radical (unpaired) electrons. The van der Waals surface area contributed by atoms with Crippen molar-refractivity contribution in [3.63, 3.8) is 0 Å². The summed E-state index contributed by atoms with van der Waals surface area (Å²) in [6, 6.07) is 11.0. The maximum atomic E-state index is 13.9. The van der Waals surface area contributed by atoms with Crippen LogP contribution in [0.2, 0.25) is 0 Å². The maximum Gasteiger partial charge on any atom is 0.338 e. The van der Waals surface area contributed by atoms with E-state index in [0.29, 0.717) is 46.4 Å². The number of thioether (sulfide) groups is 1. The van der Waals surface area contributed by atoms with E-state index in [-0.39, 0.29) is 18.3 Å². The smallest absolute Gasteiger partial charge is 0.338 e. The molecule has 2 aromatic rings. The molecule has 2 heterocycles. The first-order valence-electron chi connectivity index (χ1n) is 13.2. The van der Waals surface area contributed by atoms with Crippen molar-refractivity contribution in [1.29, 1.82) is 0 Å². The number of fused-ring (bicyclic) bond motifs is 1. The average molecular weight is 549 g/mol. The van der Waals surface area contributed by atoms with Crippen LogP contribution in [0.5, 0.6) is 11.5 Å². The van der Waals surface area contributed by atoms with Crippen LogP contribution in [0.3, 0.4) is 0 Å². The molecule has 1 saturated heterocycles. The van der Waals surface area contributed by atoms with Gasteiger partial charge >= 0.3 is 5.97 Å². The third kappa shape index (κ3) is 5.71. The van der Waals surface area contributed by atoms with Crippen molar-refractivity contribution in [3.8, 4) is 11.5 Å². The number of hydrogen-bond acceptors (Lipinski definition) is 7. The van der Waals surface area contributed by atoms with E-state index >= 15 is 0 Å². The Morgan fingerprint density at radius 2 is 1.92 bits per heavy atom. The van der Waals surface area contributed by atoms with E-state index < -0.39 is 17.5 Å². The highest BCUT2D eigenvalue weighted by atomic mass is 32.2. The van der Waals surface area contributed by atoms with Gasteiger partial charge in [-0.15, -0.1) is 6.58 Å². The number of benzene rings is 2. The summed E-state index contributed by atoms with van der Waals surface area (Å²) in [5, 5.41) is 13.9. The Morgan fingerprint density at radius 1 is 1.21 bits per heavy atom. The first-order chi connectivity index (χ1) is 18.7. The van der Waals surface area contributed by atoms with Gasteiger partial charge in [-0.1, -0.05) is 56.0 Å². The number of ether oxygens (including phenoxy) is 2. The van der Waals surface area contributed by atoms with E-state index in [1.807, 2.05) is 44.2 Å². The summed E-state index contributed by atoms with van der Waals surface area (Å²) in [7, 11) is 0. The summed E-state index contributed by atoms with van der Waals surface area (Å²) >= 11 is 1.39. The Morgan fingerprint density at radius 3 is 2.54 bits per heavy atom. The molecule has 2 aromatic carbocycles. The van der Waals surface area contributed by atoms with Gasteiger partial charge in [-0.05, 0) is 68.0 Å². The van der Waals surface area contributed by atoms with Gasteiger partial charge < -0.3 is 19.9 Å². The number of nitrogens with zero attached hydrogens (tertiary/aromatic N) is 1. The molecule has 2 unspecified atom stereocenters. The molecule has 206 valence electrons. The van der Waals surface area contributed by atoms with Crippen LogP contribution in [0.15, 0.2) is 65.2 Å². The first-order valence-corrected chi connectivity index (χ1v) is 14.1. The fourth-order valence-electron chi connectivity index (χ4n) is 4.88. The Hall–Kier alpha value is -3.65. The number of phenols is 1. The van der Waals surface area contributed by atoms with Gasteiger partial charge in [0.05, 0.1) is 29.7 Å². The zero-order valence-electron chi connectivity index (χ0n) is 23.1. The number of nitrogens with one attached hydrogen (secondary N) is 1. The number of carbonyl (C=O) groups excluding carboxylic acids is 2. The van der Waals surface area contributed by atoms with Crippen LogP contribution in [0, 0.1) is 0 Å². The third-order valence-corrected chi connectivity index (χ3v) is 7.90. The Balaban J connectivity index is 1.77. The molecule has 0 aromatic heterocycles. The fourth-order valence-corrected chi connectivity index (χ4v) is 6.10. The molecule has 7 nitrogen and oxygen atoms in total. The lowest BCUT2D eigenvalue weighted by atomic mass is 9.91. The molecule has 0 spiro atoms. The van der Waals surface area contributed by atoms with Crippen molar-refractivity contribution >= 4 is 29.7 Å². The molecular weight excluding hydrogens is 512 g/mol. The van der Waals surface area contributed by atoms with E-state index in [1.54, 1.807) is 30.0 Å². The summed E-state index contributed by atoms with van der Waals surface area (Å²) in [5.74, 6) is 0.162. The van der Waals surface area contributed by atoms with Crippen LogP contribution in [0.4, 0.5) is 0 Å². The van der Waals surface area contributed by atoms with E-state index in [1.165, 1.54) is 17.3 Å². The standard InChI is InChI=1S/C31H36N2O5S/c1-7-10-23-15-20(16-24(28(23)34)37-8-2)17-25-29(35)33-27(22-13-11-21(12-14-22)18(4)5)26(30(36)38-9-3)19(6)32-31(33)39-25/h7,11-18,27,31-32,34H,1,8-10H2,2-6H3/b25-17-. The molecule has 1 amide bonds. The Labute approximate surface area is 234 Å². The van der Waals surface area contributed by atoms with Crippen molar-refractivity contribution in [1.82, 2.24) is 10.2 Å². The second kappa shape index (κ2) is 12.0. The minimum absolute atomic E-state index is 0.0761. The monoisotopic (exact) mass is 548 g/mol. The summed E-state index contributed by atoms with van der Waals surface area (Å²) < 4.78 is 11.1. The Bertz CT molecular complexity index is 1330. The molecular formula is C31H36N2O5S. The molecule has 2 N–H and O–H groups in total. The van der Waals surface area contributed by atoms with Gasteiger partial charge in [-0.2, -0.15) is 0 Å². The molecule has 1 fully saturated rings. The average Bonchev–Trinajstić information content (AvgIpc) is 3.20. The van der Waals surface area contributed by atoms with Gasteiger partial charge in [0.15, 0.2) is 17.0 Å². The topological polar surface area (TPSA) is 88.1 Å². The van der Waals surface area contributed by atoms with Gasteiger partial charge in [-0.3, -0.25) is 9.69 Å². The van der Waals surface area contributed by atoms with Gasteiger partial charge in [0.25, 0.3) is 5.91 Å². The maximum absolute atomic E-state index is 13.9. The molecule has 2 aliphatic rings. The van der Waals surface area contributed by atoms with Crippen molar-refractivity contribution in [2.24, 2.45) is 0 Å². The second-order valence-corrected chi connectivity index (χ2v) is 10.9. The number of amides is 1. The van der Waals surface area contributed by atoms with Crippen LogP contribution in [0.25, 0.3) is 6.08 Å². The fraction of sp³-hybridized carbons (Fsp3) is 0.355. The van der Waals surface area contributed by atoms with Crippen LogP contribution in [-0.4, -0.2) is 40.6 Å². The second-order valence-electron chi connectivity index (χ2n) is 9.77. The molecule has 0 bridgehead atoms. The molecule has 39 heavy (non-hydrogen) atoms. The highest BCUT2D eigenvalue weighted by Crippen LogP contribution is 2.47. The summed E-state index contributed by atoms with van der Waals surface area (Å²) in [5.41, 5.74) is 4.14. The largest absolute Gasteiger partial charge is 0.504 e. The van der Waals surface area contributed by atoms with Crippen LogP contribution >= 0.6 is 11.8 Å². The van der Waals surface area contributed by atoms with Gasteiger partial charge in [0.2, 0.25) is 0 Å². The quantitative estimate of drug-likeness (QED) is 0.225. The van der Waals surface area contributed by atoms with Crippen molar-refractivity contribution in [2.75, 3.05) is 13.2 Å². The number of phenolic OH excluding ortho intramolecular Hbond substituents is 1. The normalized spacial score (nSPS) is 19.8. The third-order valence-electron chi connectivity index (χ3n) is 6.78. The number of hydrogen-bond donors (Lipinski definition) is 2. The number of aromatic hydroxyl groups is 1. The zero-order chi connectivity index (χ0) is 28.3. The Kier molecular flexibility index (Phi) is 8.75. The number of allylic oxidation sites excluding steroid dienone is 2. The van der Waals surface area contributed by atoms with Crippen molar-refractivity contribution < 1.29 is 24.2 Å². The molecule has 4 rings (SSSR count). The lowest BCUT2D eigenvalue weighted by molar-refractivity contribution is -0.140. The molecule has 8 heteroatoms. The highest BCUT2D eigenvalue weighted by Gasteiger charge is 2.47. The lowest BCUT2D eigenvalue weighted by Crippen LogP contribution is -2.49. The summed E-state index contributed by atoms with van der Waals surface area (Å²) in [4.78, 5) is 29.3. The molecule has 0 aliphatic carbocycles. The van der Waals surface area contributed by atoms with Gasteiger partial charge in [-0.25, -0.2) is 4.79 Å². The van der Waals surface area contributed by atoms with Crippen molar-refractivity contribution in [3.05, 3.63) is 87.5 Å². The van der Waals surface area contributed by atoms with Crippen LogP contribution in [0.1, 0.15) is 68.8 Å². The number of esters is 1. The highest BCUT2D eigenvalue weighted by molar-refractivity contribution is 8.05. The van der Waals surface area contributed by atoms with Gasteiger partial charge in [0.1, 0.15) is 0 Å². The zero-order valence-corrected chi connectivity index (χ0v) is 23.9. The SMILES string of the molecule is C=CCc1cc(/C=C2\SC3NC(C)=C(C(=O)OCC)C(c4ccc(C(C)C)cc4)N3C2=O)cc(OCC)c1O. The van der Waals surface area contributed by atoms with Crippen LogP contribution in [-0.2, 0) is 20.7 Å². The number of carbonyl (C=O) groups is 2. The predicted molar refractivity (Wildman–Crippen MR) is 155 cm³/mol. The van der Waals surface area contributed by atoms with E-state index in [0.717, 1.165) is 11.1 Å². The van der Waals surface area contributed by atoms with E-state index in [2.05, 4.69) is 25.7 Å². The molecule has 2 atom stereocenters. The van der Waals surface area contributed by atoms with Crippen LogP contribution < -0.4 is 10.1 Å². The minimum atomic E-state index is -0.599. The van der Waals surface area contributed by atoms with E-state index in [9.17, 15) is 14.7 Å². The predicted octanol–water partition coefficient (Wildman–Crippen LogP) is 6.02. The first kappa shape index (κ1) is 28.4. The van der Waals surface area contributed by atoms with Crippen molar-refractivity contribution in [2.45, 2.75) is 58.5 Å². The lowest BCUT2D eigenvalue weighted by Gasteiger charge is -2.39. The summed E-state index contributed by atoms with van der Waals surface area (Å²) in [6.07, 6.45) is 3.97. The minimum Gasteiger partial charge on any atom is -0.504 e. The van der Waals surface area contributed by atoms with E-state index in [4.69, 9.17) is 9.47 Å².